The molecule has 0 radical (unpaired) electrons. The number of anilines is 1. The monoisotopic (exact) mass is 365 g/mol. The number of nitriles is 1. The lowest BCUT2D eigenvalue weighted by Gasteiger charge is -2.17. The molecule has 1 amide bonds. The van der Waals surface area contributed by atoms with Gasteiger partial charge in [-0.1, -0.05) is 30.3 Å². The second-order valence-electron chi connectivity index (χ2n) is 5.99. The van der Waals surface area contributed by atoms with E-state index in [2.05, 4.69) is 10.6 Å². The number of amides is 1. The molecule has 0 fully saturated rings. The number of hydrogen-bond donors (Lipinski definition) is 2. The zero-order chi connectivity index (χ0) is 19.5. The van der Waals surface area contributed by atoms with Crippen LogP contribution in [0.5, 0.6) is 0 Å². The Morgan fingerprint density at radius 1 is 1.11 bits per heavy atom. The highest BCUT2D eigenvalue weighted by atomic mass is 16.5. The number of carbonyl (C=O) groups excluding carboxylic acids is 2. The van der Waals surface area contributed by atoms with Crippen molar-refractivity contribution in [3.63, 3.8) is 0 Å². The van der Waals surface area contributed by atoms with Crippen LogP contribution in [-0.4, -0.2) is 31.6 Å². The number of hydrogen-bond acceptors (Lipinski definition) is 5. The summed E-state index contributed by atoms with van der Waals surface area (Å²) >= 11 is 0. The summed E-state index contributed by atoms with van der Waals surface area (Å²) in [5, 5.41) is 14.6. The second-order valence-corrected chi connectivity index (χ2v) is 5.99. The van der Waals surface area contributed by atoms with Crippen molar-refractivity contribution in [2.24, 2.45) is 5.92 Å². The van der Waals surface area contributed by atoms with Crippen molar-refractivity contribution in [3.05, 3.63) is 65.7 Å². The number of carbonyl (C=O) groups is 2. The van der Waals surface area contributed by atoms with Crippen LogP contribution in [0.3, 0.4) is 0 Å². The van der Waals surface area contributed by atoms with E-state index < -0.39 is 5.92 Å². The molecule has 0 saturated heterocycles. The maximum Gasteiger partial charge on any atom is 0.311 e. The van der Waals surface area contributed by atoms with Crippen LogP contribution in [0.2, 0.25) is 0 Å². The van der Waals surface area contributed by atoms with Crippen molar-refractivity contribution in [1.29, 1.82) is 5.26 Å². The van der Waals surface area contributed by atoms with E-state index >= 15 is 0 Å². The zero-order valence-electron chi connectivity index (χ0n) is 15.3. The molecule has 0 spiro atoms. The van der Waals surface area contributed by atoms with Crippen molar-refractivity contribution >= 4 is 17.6 Å². The van der Waals surface area contributed by atoms with Gasteiger partial charge >= 0.3 is 5.97 Å². The van der Waals surface area contributed by atoms with Crippen molar-refractivity contribution in [3.8, 4) is 6.07 Å². The molecule has 0 aromatic heterocycles. The number of ether oxygens (including phenoxy) is 1. The van der Waals surface area contributed by atoms with E-state index in [1.807, 2.05) is 36.4 Å². The molecular formula is C21H23N3O3. The second kappa shape index (κ2) is 10.6. The van der Waals surface area contributed by atoms with Gasteiger partial charge in [0.05, 0.1) is 30.7 Å². The third-order valence-corrected chi connectivity index (χ3v) is 3.96. The summed E-state index contributed by atoms with van der Waals surface area (Å²) in [4.78, 5) is 24.3. The van der Waals surface area contributed by atoms with Crippen molar-refractivity contribution in [1.82, 2.24) is 5.32 Å². The van der Waals surface area contributed by atoms with Gasteiger partial charge in [-0.2, -0.15) is 5.26 Å². The Kier molecular flexibility index (Phi) is 7.86. The van der Waals surface area contributed by atoms with E-state index in [0.29, 0.717) is 18.6 Å². The first-order chi connectivity index (χ1) is 13.1. The quantitative estimate of drug-likeness (QED) is 0.666. The van der Waals surface area contributed by atoms with Crippen LogP contribution in [0, 0.1) is 17.2 Å². The molecule has 2 aromatic carbocycles. The lowest BCUT2D eigenvalue weighted by molar-refractivity contribution is -0.147. The summed E-state index contributed by atoms with van der Waals surface area (Å²) in [6.45, 7) is 2.35. The van der Waals surface area contributed by atoms with Crippen LogP contribution in [0.4, 0.5) is 5.69 Å². The van der Waals surface area contributed by atoms with Crippen molar-refractivity contribution < 1.29 is 14.3 Å². The van der Waals surface area contributed by atoms with Gasteiger partial charge in [0.2, 0.25) is 5.91 Å². The summed E-state index contributed by atoms with van der Waals surface area (Å²) in [5.74, 6) is -0.977. The van der Waals surface area contributed by atoms with Gasteiger partial charge in [-0.05, 0) is 43.2 Å². The maximum atomic E-state index is 12.2. The molecule has 0 bridgehead atoms. The smallest absolute Gasteiger partial charge is 0.311 e. The molecule has 2 aromatic rings. The fraction of sp³-hybridized carbons (Fsp3) is 0.286. The Balaban J connectivity index is 1.85. The highest BCUT2D eigenvalue weighted by Gasteiger charge is 2.21. The minimum Gasteiger partial charge on any atom is -0.466 e. The van der Waals surface area contributed by atoms with Gasteiger partial charge in [0.25, 0.3) is 0 Å². The molecule has 2 N–H and O–H groups in total. The van der Waals surface area contributed by atoms with Gasteiger partial charge in [-0.3, -0.25) is 9.59 Å². The minimum atomic E-state index is -0.439. The normalized spacial score (nSPS) is 11.1. The minimum absolute atomic E-state index is 0.0762. The third-order valence-electron chi connectivity index (χ3n) is 3.96. The topological polar surface area (TPSA) is 91.2 Å². The van der Waals surface area contributed by atoms with Gasteiger partial charge < -0.3 is 15.4 Å². The highest BCUT2D eigenvalue weighted by Crippen LogP contribution is 2.11. The molecule has 27 heavy (non-hydrogen) atoms. The third kappa shape index (κ3) is 6.83. The van der Waals surface area contributed by atoms with Crippen LogP contribution < -0.4 is 10.6 Å². The predicted molar refractivity (Wildman–Crippen MR) is 103 cm³/mol. The lowest BCUT2D eigenvalue weighted by Crippen LogP contribution is -2.37. The summed E-state index contributed by atoms with van der Waals surface area (Å²) in [6, 6.07) is 18.5. The molecule has 1 atom stereocenters. The van der Waals surface area contributed by atoms with Crippen LogP contribution in [0.15, 0.2) is 54.6 Å². The molecule has 0 aliphatic heterocycles. The van der Waals surface area contributed by atoms with Crippen molar-refractivity contribution in [2.45, 2.75) is 13.3 Å². The standard InChI is InChI=1S/C21H23N3O3/c1-2-27-21(26)18(12-16-6-4-3-5-7-16)14-24-20(25)15-23-19-10-8-17(13-22)9-11-19/h3-11,18,23H,2,12,14-15H2,1H3,(H,24,25). The number of benzene rings is 2. The molecule has 0 aliphatic carbocycles. The van der Waals surface area contributed by atoms with Gasteiger partial charge in [-0.25, -0.2) is 0 Å². The van der Waals surface area contributed by atoms with E-state index in [1.54, 1.807) is 31.2 Å². The molecule has 6 nitrogen and oxygen atoms in total. The summed E-state index contributed by atoms with van der Waals surface area (Å²) in [5.41, 5.74) is 2.32. The van der Waals surface area contributed by atoms with Gasteiger partial charge in [0.15, 0.2) is 0 Å². The number of nitrogens with one attached hydrogen (secondary N) is 2. The first kappa shape index (κ1) is 20.0. The highest BCUT2D eigenvalue weighted by molar-refractivity contribution is 5.81. The van der Waals surface area contributed by atoms with Crippen LogP contribution in [0.1, 0.15) is 18.1 Å². The summed E-state index contributed by atoms with van der Waals surface area (Å²) in [7, 11) is 0. The van der Waals surface area contributed by atoms with Crippen LogP contribution in [-0.2, 0) is 20.7 Å². The molecule has 2 rings (SSSR count). The Hall–Kier alpha value is -3.33. The maximum absolute atomic E-state index is 12.2. The van der Waals surface area contributed by atoms with Gasteiger partial charge in [-0.15, -0.1) is 0 Å². The first-order valence-electron chi connectivity index (χ1n) is 8.83. The molecular weight excluding hydrogens is 342 g/mol. The average Bonchev–Trinajstić information content (AvgIpc) is 2.70. The molecule has 1 unspecified atom stereocenters. The lowest BCUT2D eigenvalue weighted by atomic mass is 9.99. The Morgan fingerprint density at radius 3 is 2.44 bits per heavy atom. The van der Waals surface area contributed by atoms with Crippen LogP contribution >= 0.6 is 0 Å². The predicted octanol–water partition coefficient (Wildman–Crippen LogP) is 2.51. The number of nitrogens with zero attached hydrogens (tertiary/aromatic N) is 1. The SMILES string of the molecule is CCOC(=O)C(CNC(=O)CNc1ccc(C#N)cc1)Cc1ccccc1. The Bertz CT molecular complexity index is 783. The molecule has 0 saturated carbocycles. The van der Waals surface area contributed by atoms with Crippen molar-refractivity contribution in [2.75, 3.05) is 25.0 Å². The van der Waals surface area contributed by atoms with E-state index in [1.165, 1.54) is 0 Å². The number of esters is 1. The van der Waals surface area contributed by atoms with E-state index in [9.17, 15) is 9.59 Å². The van der Waals surface area contributed by atoms with E-state index in [-0.39, 0.29) is 25.0 Å². The summed E-state index contributed by atoms with van der Waals surface area (Å²) in [6.07, 6.45) is 0.503. The van der Waals surface area contributed by atoms with E-state index in [0.717, 1.165) is 11.3 Å². The molecule has 6 heteroatoms. The zero-order valence-corrected chi connectivity index (χ0v) is 15.3. The molecule has 140 valence electrons. The van der Waals surface area contributed by atoms with E-state index in [4.69, 9.17) is 10.00 Å². The Morgan fingerprint density at radius 2 is 1.81 bits per heavy atom. The van der Waals surface area contributed by atoms with Gasteiger partial charge in [0.1, 0.15) is 0 Å². The fourth-order valence-electron chi connectivity index (χ4n) is 2.54. The largest absolute Gasteiger partial charge is 0.466 e. The molecule has 0 heterocycles. The summed E-state index contributed by atoms with van der Waals surface area (Å²) < 4.78 is 5.13. The number of rotatable bonds is 9. The average molecular weight is 365 g/mol. The van der Waals surface area contributed by atoms with Crippen LogP contribution in [0.25, 0.3) is 0 Å². The molecule has 0 aliphatic rings. The Labute approximate surface area is 159 Å². The fourth-order valence-corrected chi connectivity index (χ4v) is 2.54. The van der Waals surface area contributed by atoms with Gasteiger partial charge in [0, 0.05) is 12.2 Å². The first-order valence-corrected chi connectivity index (χ1v) is 8.83.